The summed E-state index contributed by atoms with van der Waals surface area (Å²) in [6.07, 6.45) is 0.640. The van der Waals surface area contributed by atoms with E-state index in [1.54, 1.807) is 12.1 Å². The van der Waals surface area contributed by atoms with E-state index in [9.17, 15) is 4.39 Å². The second kappa shape index (κ2) is 8.05. The summed E-state index contributed by atoms with van der Waals surface area (Å²) in [6, 6.07) is 6.49. The number of nitrogens with zero attached hydrogens (tertiary/aromatic N) is 3. The maximum absolute atomic E-state index is 12.9. The SMILES string of the molecule is CCNCCN(CC)c1nc(Cc2ccc(F)cc2)ns1. The molecule has 0 radical (unpaired) electrons. The number of aromatic nitrogens is 2. The van der Waals surface area contributed by atoms with Crippen LogP contribution < -0.4 is 10.2 Å². The molecule has 4 nitrogen and oxygen atoms in total. The van der Waals surface area contributed by atoms with E-state index in [0.717, 1.165) is 42.7 Å². The molecule has 1 N–H and O–H groups in total. The predicted molar refractivity (Wildman–Crippen MR) is 85.5 cm³/mol. The molecule has 6 heteroatoms. The van der Waals surface area contributed by atoms with Gasteiger partial charge in [-0.3, -0.25) is 0 Å². The zero-order chi connectivity index (χ0) is 15.1. The summed E-state index contributed by atoms with van der Waals surface area (Å²) in [5.41, 5.74) is 1.02. The Morgan fingerprint density at radius 1 is 1.24 bits per heavy atom. The van der Waals surface area contributed by atoms with Crippen LogP contribution in [0.15, 0.2) is 24.3 Å². The Bertz CT molecular complexity index is 541. The minimum Gasteiger partial charge on any atom is -0.346 e. The Kier molecular flexibility index (Phi) is 6.07. The van der Waals surface area contributed by atoms with Gasteiger partial charge >= 0.3 is 0 Å². The fourth-order valence-electron chi connectivity index (χ4n) is 2.01. The van der Waals surface area contributed by atoms with Gasteiger partial charge in [0.2, 0.25) is 5.13 Å². The summed E-state index contributed by atoms with van der Waals surface area (Å²) in [4.78, 5) is 6.81. The van der Waals surface area contributed by atoms with Crippen molar-refractivity contribution in [3.05, 3.63) is 41.5 Å². The Hall–Kier alpha value is -1.53. The average Bonchev–Trinajstić information content (AvgIpc) is 2.94. The minimum absolute atomic E-state index is 0.216. The Morgan fingerprint density at radius 2 is 2.00 bits per heavy atom. The topological polar surface area (TPSA) is 41.0 Å². The van der Waals surface area contributed by atoms with E-state index in [0.29, 0.717) is 6.42 Å². The van der Waals surface area contributed by atoms with Crippen LogP contribution in [0.4, 0.5) is 9.52 Å². The van der Waals surface area contributed by atoms with Crippen LogP contribution >= 0.6 is 11.5 Å². The van der Waals surface area contributed by atoms with Crippen LogP contribution in [0.3, 0.4) is 0 Å². The molecule has 0 unspecified atom stereocenters. The van der Waals surface area contributed by atoms with Crippen molar-refractivity contribution in [3.63, 3.8) is 0 Å². The zero-order valence-electron chi connectivity index (χ0n) is 12.5. The van der Waals surface area contributed by atoms with E-state index in [2.05, 4.69) is 33.4 Å². The Labute approximate surface area is 129 Å². The molecule has 0 atom stereocenters. The van der Waals surface area contributed by atoms with Gasteiger partial charge in [0.1, 0.15) is 11.6 Å². The maximum atomic E-state index is 12.9. The van der Waals surface area contributed by atoms with Crippen molar-refractivity contribution >= 4 is 16.7 Å². The van der Waals surface area contributed by atoms with Gasteiger partial charge in [-0.25, -0.2) is 9.37 Å². The lowest BCUT2D eigenvalue weighted by atomic mass is 10.1. The van der Waals surface area contributed by atoms with Gasteiger partial charge in [0.25, 0.3) is 0 Å². The molecule has 21 heavy (non-hydrogen) atoms. The third-order valence-corrected chi connectivity index (χ3v) is 4.01. The molecule has 2 aromatic rings. The third kappa shape index (κ3) is 4.75. The van der Waals surface area contributed by atoms with Crippen LogP contribution in [-0.4, -0.2) is 35.5 Å². The smallest absolute Gasteiger partial charge is 0.205 e. The largest absolute Gasteiger partial charge is 0.346 e. The average molecular weight is 308 g/mol. The first-order valence-electron chi connectivity index (χ1n) is 7.25. The number of rotatable bonds is 8. The van der Waals surface area contributed by atoms with Crippen molar-refractivity contribution in [1.82, 2.24) is 14.7 Å². The third-order valence-electron chi connectivity index (χ3n) is 3.19. The van der Waals surface area contributed by atoms with E-state index in [1.165, 1.54) is 23.7 Å². The maximum Gasteiger partial charge on any atom is 0.205 e. The monoisotopic (exact) mass is 308 g/mol. The van der Waals surface area contributed by atoms with E-state index >= 15 is 0 Å². The first-order valence-corrected chi connectivity index (χ1v) is 8.03. The van der Waals surface area contributed by atoms with Gasteiger partial charge in [0.15, 0.2) is 0 Å². The molecular formula is C15H21FN4S. The molecule has 0 amide bonds. The van der Waals surface area contributed by atoms with Crippen LogP contribution in [-0.2, 0) is 6.42 Å². The van der Waals surface area contributed by atoms with E-state index in [-0.39, 0.29) is 5.82 Å². The minimum atomic E-state index is -0.216. The van der Waals surface area contributed by atoms with Gasteiger partial charge in [-0.15, -0.1) is 0 Å². The van der Waals surface area contributed by atoms with Gasteiger partial charge in [-0.2, -0.15) is 4.37 Å². The van der Waals surface area contributed by atoms with Gasteiger partial charge in [0.05, 0.1) is 0 Å². The van der Waals surface area contributed by atoms with Crippen molar-refractivity contribution < 1.29 is 4.39 Å². The van der Waals surface area contributed by atoms with Gasteiger partial charge in [-0.05, 0) is 31.2 Å². The fourth-order valence-corrected chi connectivity index (χ4v) is 2.78. The molecule has 1 aromatic heterocycles. The molecule has 0 bridgehead atoms. The second-order valence-electron chi connectivity index (χ2n) is 4.73. The number of anilines is 1. The molecule has 0 saturated carbocycles. The van der Waals surface area contributed by atoms with Crippen LogP contribution in [0.25, 0.3) is 0 Å². The van der Waals surface area contributed by atoms with Crippen molar-refractivity contribution in [2.45, 2.75) is 20.3 Å². The highest BCUT2D eigenvalue weighted by molar-refractivity contribution is 7.09. The van der Waals surface area contributed by atoms with Crippen LogP contribution in [0.2, 0.25) is 0 Å². The molecule has 0 saturated heterocycles. The standard InChI is InChI=1S/C15H21FN4S/c1-3-17-9-10-20(4-2)15-18-14(19-21-15)11-12-5-7-13(16)8-6-12/h5-8,17H,3-4,9-11H2,1-2H3. The van der Waals surface area contributed by atoms with Crippen LogP contribution in [0.5, 0.6) is 0 Å². The van der Waals surface area contributed by atoms with Crippen LogP contribution in [0, 0.1) is 5.82 Å². The molecule has 0 aliphatic rings. The highest BCUT2D eigenvalue weighted by atomic mass is 32.1. The highest BCUT2D eigenvalue weighted by Crippen LogP contribution is 2.18. The first-order chi connectivity index (χ1) is 10.2. The van der Waals surface area contributed by atoms with E-state index in [1.807, 2.05) is 0 Å². The van der Waals surface area contributed by atoms with Crippen molar-refractivity contribution in [3.8, 4) is 0 Å². The van der Waals surface area contributed by atoms with Gasteiger partial charge in [-0.1, -0.05) is 19.1 Å². The first kappa shape index (κ1) is 15.9. The molecule has 1 heterocycles. The second-order valence-corrected chi connectivity index (χ2v) is 5.46. The van der Waals surface area contributed by atoms with Gasteiger partial charge in [0, 0.05) is 37.6 Å². The number of halogens is 1. The molecule has 0 spiro atoms. The molecule has 0 aliphatic carbocycles. The summed E-state index contributed by atoms with van der Waals surface area (Å²) >= 11 is 1.43. The van der Waals surface area contributed by atoms with Crippen molar-refractivity contribution in [2.24, 2.45) is 0 Å². The number of hydrogen-bond acceptors (Lipinski definition) is 5. The summed E-state index contributed by atoms with van der Waals surface area (Å²) in [5.74, 6) is 0.578. The number of likely N-dealkylation sites (N-methyl/N-ethyl adjacent to an activating group) is 2. The molecule has 1 aromatic carbocycles. The number of benzene rings is 1. The lowest BCUT2D eigenvalue weighted by molar-refractivity contribution is 0.627. The molecule has 2 rings (SSSR count). The number of hydrogen-bond donors (Lipinski definition) is 1. The quantitative estimate of drug-likeness (QED) is 0.761. The molecule has 0 fully saturated rings. The molecular weight excluding hydrogens is 287 g/mol. The highest BCUT2D eigenvalue weighted by Gasteiger charge is 2.11. The summed E-state index contributed by atoms with van der Waals surface area (Å²) in [7, 11) is 0. The fraction of sp³-hybridized carbons (Fsp3) is 0.467. The lowest BCUT2D eigenvalue weighted by Gasteiger charge is -2.18. The normalized spacial score (nSPS) is 10.8. The van der Waals surface area contributed by atoms with Crippen molar-refractivity contribution in [2.75, 3.05) is 31.1 Å². The van der Waals surface area contributed by atoms with Crippen LogP contribution in [0.1, 0.15) is 25.2 Å². The summed E-state index contributed by atoms with van der Waals surface area (Å²) in [6.45, 7) is 7.97. The number of nitrogens with one attached hydrogen (secondary N) is 1. The Balaban J connectivity index is 1.97. The molecule has 114 valence electrons. The lowest BCUT2D eigenvalue weighted by Crippen LogP contribution is -2.31. The van der Waals surface area contributed by atoms with E-state index in [4.69, 9.17) is 0 Å². The summed E-state index contributed by atoms with van der Waals surface area (Å²) in [5, 5.41) is 4.27. The summed E-state index contributed by atoms with van der Waals surface area (Å²) < 4.78 is 17.3. The Morgan fingerprint density at radius 3 is 2.67 bits per heavy atom. The zero-order valence-corrected chi connectivity index (χ0v) is 13.3. The molecule has 0 aliphatic heterocycles. The van der Waals surface area contributed by atoms with E-state index < -0.39 is 0 Å². The van der Waals surface area contributed by atoms with Gasteiger partial charge < -0.3 is 10.2 Å². The van der Waals surface area contributed by atoms with Crippen molar-refractivity contribution in [1.29, 1.82) is 0 Å². The predicted octanol–water partition coefficient (Wildman–Crippen LogP) is 2.70.